The summed E-state index contributed by atoms with van der Waals surface area (Å²) in [4.78, 5) is 30.6. The lowest BCUT2D eigenvalue weighted by atomic mass is 9.92. The Morgan fingerprint density at radius 1 is 1.33 bits per heavy atom. The summed E-state index contributed by atoms with van der Waals surface area (Å²) in [6.07, 6.45) is 1.42. The second-order valence-electron chi connectivity index (χ2n) is 6.17. The number of carbonyl (C=O) groups is 2. The van der Waals surface area contributed by atoms with Crippen molar-refractivity contribution < 1.29 is 9.59 Å². The van der Waals surface area contributed by atoms with Crippen LogP contribution in [0.1, 0.15) is 38.2 Å². The molecule has 1 aromatic carbocycles. The van der Waals surface area contributed by atoms with Gasteiger partial charge in [-0.2, -0.15) is 5.10 Å². The van der Waals surface area contributed by atoms with Crippen LogP contribution in [0.4, 0.5) is 4.79 Å². The first-order chi connectivity index (χ1) is 11.3. The van der Waals surface area contributed by atoms with Crippen molar-refractivity contribution in [1.29, 1.82) is 0 Å². The summed E-state index contributed by atoms with van der Waals surface area (Å²) in [6.45, 7) is 5.66. The zero-order valence-corrected chi connectivity index (χ0v) is 14.4. The number of hydrogen-bond donors (Lipinski definition) is 1. The molecule has 0 bridgehead atoms. The molecule has 1 aliphatic rings. The zero-order chi connectivity index (χ0) is 17.5. The van der Waals surface area contributed by atoms with Crippen molar-refractivity contribution in [3.63, 3.8) is 0 Å². The molecule has 1 aromatic heterocycles. The molecule has 24 heavy (non-hydrogen) atoms. The van der Waals surface area contributed by atoms with Gasteiger partial charge in [0, 0.05) is 11.1 Å². The molecule has 2 heterocycles. The highest BCUT2D eigenvalue weighted by atomic mass is 35.5. The van der Waals surface area contributed by atoms with E-state index >= 15 is 0 Å². The number of benzene rings is 1. The molecule has 1 saturated heterocycles. The molecule has 3 amide bonds. The zero-order valence-electron chi connectivity index (χ0n) is 13.7. The van der Waals surface area contributed by atoms with Gasteiger partial charge >= 0.3 is 6.03 Å². The SMILES string of the molecule is CC(C)n1ncnc1CN1C(=O)N[C@](C)(c2cccc(Cl)c2)C1=O. The van der Waals surface area contributed by atoms with E-state index < -0.39 is 11.6 Å². The molecule has 1 N–H and O–H groups in total. The third kappa shape index (κ3) is 2.65. The molecule has 0 spiro atoms. The van der Waals surface area contributed by atoms with Crippen molar-refractivity contribution in [1.82, 2.24) is 25.0 Å². The third-order valence-electron chi connectivity index (χ3n) is 4.11. The van der Waals surface area contributed by atoms with E-state index in [0.717, 1.165) is 4.90 Å². The van der Waals surface area contributed by atoms with Crippen molar-refractivity contribution in [2.75, 3.05) is 0 Å². The van der Waals surface area contributed by atoms with E-state index in [1.165, 1.54) is 6.33 Å². The minimum absolute atomic E-state index is 0.0685. The molecule has 0 unspecified atom stereocenters. The molecule has 1 aliphatic heterocycles. The van der Waals surface area contributed by atoms with Crippen LogP contribution in [0, 0.1) is 0 Å². The predicted molar refractivity (Wildman–Crippen MR) is 88.3 cm³/mol. The number of urea groups is 1. The maximum absolute atomic E-state index is 12.9. The van der Waals surface area contributed by atoms with Gasteiger partial charge in [0.1, 0.15) is 17.7 Å². The maximum atomic E-state index is 12.9. The highest BCUT2D eigenvalue weighted by Gasteiger charge is 2.49. The van der Waals surface area contributed by atoms with E-state index in [4.69, 9.17) is 11.6 Å². The van der Waals surface area contributed by atoms with Crippen molar-refractivity contribution in [2.24, 2.45) is 0 Å². The second-order valence-corrected chi connectivity index (χ2v) is 6.61. The van der Waals surface area contributed by atoms with Gasteiger partial charge in [0.2, 0.25) is 0 Å². The van der Waals surface area contributed by atoms with E-state index in [1.54, 1.807) is 35.9 Å². The minimum Gasteiger partial charge on any atom is -0.319 e. The lowest BCUT2D eigenvalue weighted by Gasteiger charge is -2.22. The Morgan fingerprint density at radius 2 is 2.08 bits per heavy atom. The number of halogens is 1. The molecule has 1 atom stereocenters. The lowest BCUT2D eigenvalue weighted by molar-refractivity contribution is -0.131. The van der Waals surface area contributed by atoms with Crippen molar-refractivity contribution in [3.8, 4) is 0 Å². The number of hydrogen-bond acceptors (Lipinski definition) is 4. The minimum atomic E-state index is -1.15. The Labute approximate surface area is 144 Å². The number of nitrogens with zero attached hydrogens (tertiary/aromatic N) is 4. The molecule has 3 rings (SSSR count). The average Bonchev–Trinajstić information content (AvgIpc) is 3.07. The van der Waals surface area contributed by atoms with Gasteiger partial charge < -0.3 is 5.32 Å². The number of nitrogens with one attached hydrogen (secondary N) is 1. The highest BCUT2D eigenvalue weighted by Crippen LogP contribution is 2.31. The van der Waals surface area contributed by atoms with Crippen LogP contribution in [0.25, 0.3) is 0 Å². The van der Waals surface area contributed by atoms with Crippen LogP contribution in [0.3, 0.4) is 0 Å². The summed E-state index contributed by atoms with van der Waals surface area (Å²) in [7, 11) is 0. The number of rotatable bonds is 4. The molecular formula is C16H18ClN5O2. The van der Waals surface area contributed by atoms with Crippen LogP contribution in [0.2, 0.25) is 5.02 Å². The van der Waals surface area contributed by atoms with Crippen molar-refractivity contribution in [3.05, 3.63) is 47.0 Å². The summed E-state index contributed by atoms with van der Waals surface area (Å²) < 4.78 is 1.69. The normalized spacial score (nSPS) is 20.8. The molecule has 2 aromatic rings. The Hall–Kier alpha value is -2.41. The van der Waals surface area contributed by atoms with Gasteiger partial charge in [-0.3, -0.25) is 9.69 Å². The van der Waals surface area contributed by atoms with Crippen LogP contribution >= 0.6 is 11.6 Å². The number of aromatic nitrogens is 3. The largest absolute Gasteiger partial charge is 0.325 e. The fraction of sp³-hybridized carbons (Fsp3) is 0.375. The van der Waals surface area contributed by atoms with Gasteiger partial charge in [-0.15, -0.1) is 0 Å². The van der Waals surface area contributed by atoms with Gasteiger partial charge in [-0.05, 0) is 38.5 Å². The van der Waals surface area contributed by atoms with Crippen LogP contribution < -0.4 is 5.32 Å². The highest BCUT2D eigenvalue weighted by molar-refractivity contribution is 6.30. The number of imide groups is 1. The molecule has 0 saturated carbocycles. The molecule has 8 heteroatoms. The van der Waals surface area contributed by atoms with Gasteiger partial charge in [0.15, 0.2) is 0 Å². The van der Waals surface area contributed by atoms with Crippen molar-refractivity contribution in [2.45, 2.75) is 38.9 Å². The van der Waals surface area contributed by atoms with Crippen molar-refractivity contribution >= 4 is 23.5 Å². The van der Waals surface area contributed by atoms with E-state index in [2.05, 4.69) is 15.4 Å². The first-order valence-electron chi connectivity index (χ1n) is 7.61. The van der Waals surface area contributed by atoms with Crippen LogP contribution in [0.15, 0.2) is 30.6 Å². The Morgan fingerprint density at radius 3 is 2.75 bits per heavy atom. The average molecular weight is 348 g/mol. The molecule has 0 radical (unpaired) electrons. The molecule has 7 nitrogen and oxygen atoms in total. The van der Waals surface area contributed by atoms with Crippen LogP contribution in [-0.2, 0) is 16.9 Å². The van der Waals surface area contributed by atoms with Gasteiger partial charge in [-0.1, -0.05) is 23.7 Å². The summed E-state index contributed by atoms with van der Waals surface area (Å²) in [5.74, 6) is 0.219. The molecule has 1 fully saturated rings. The lowest BCUT2D eigenvalue weighted by Crippen LogP contribution is -2.40. The van der Waals surface area contributed by atoms with E-state index in [9.17, 15) is 9.59 Å². The third-order valence-corrected chi connectivity index (χ3v) is 4.35. The van der Waals surface area contributed by atoms with Crippen LogP contribution in [-0.4, -0.2) is 31.6 Å². The standard InChI is InChI=1S/C16H18ClN5O2/c1-10(2)22-13(18-9-19-22)8-21-14(23)16(3,20-15(21)24)11-5-4-6-12(17)7-11/h4-7,9-10H,8H2,1-3H3,(H,20,24)/t16-/m1/s1. The quantitative estimate of drug-likeness (QED) is 0.862. The number of amides is 3. The van der Waals surface area contributed by atoms with E-state index in [0.29, 0.717) is 16.4 Å². The summed E-state index contributed by atoms with van der Waals surface area (Å²) in [5, 5.41) is 7.40. The molecule has 126 valence electrons. The monoisotopic (exact) mass is 347 g/mol. The first kappa shape index (κ1) is 16.4. The van der Waals surface area contributed by atoms with E-state index in [-0.39, 0.29) is 18.5 Å². The molecule has 0 aliphatic carbocycles. The van der Waals surface area contributed by atoms with Crippen LogP contribution in [0.5, 0.6) is 0 Å². The Balaban J connectivity index is 1.90. The summed E-state index contributed by atoms with van der Waals surface area (Å²) >= 11 is 6.02. The fourth-order valence-corrected chi connectivity index (χ4v) is 2.99. The second kappa shape index (κ2) is 5.90. The van der Waals surface area contributed by atoms with E-state index in [1.807, 2.05) is 13.8 Å². The fourth-order valence-electron chi connectivity index (χ4n) is 2.80. The predicted octanol–water partition coefficient (Wildman–Crippen LogP) is 2.48. The summed E-state index contributed by atoms with van der Waals surface area (Å²) in [6, 6.07) is 6.55. The Bertz CT molecular complexity index is 803. The smallest absolute Gasteiger partial charge is 0.319 e. The van der Waals surface area contributed by atoms with Gasteiger partial charge in [0.25, 0.3) is 5.91 Å². The first-order valence-corrected chi connectivity index (χ1v) is 7.99. The topological polar surface area (TPSA) is 80.1 Å². The number of carbonyl (C=O) groups excluding carboxylic acids is 2. The van der Waals surface area contributed by atoms with Gasteiger partial charge in [-0.25, -0.2) is 14.5 Å². The molecular weight excluding hydrogens is 330 g/mol. The Kier molecular flexibility index (Phi) is 4.04. The van der Waals surface area contributed by atoms with Gasteiger partial charge in [0.05, 0.1) is 6.54 Å². The summed E-state index contributed by atoms with van der Waals surface area (Å²) in [5.41, 5.74) is -0.508. The maximum Gasteiger partial charge on any atom is 0.325 e.